The van der Waals surface area contributed by atoms with Crippen LogP contribution in [0.2, 0.25) is 0 Å². The van der Waals surface area contributed by atoms with Crippen molar-refractivity contribution in [2.45, 2.75) is 19.4 Å². The average molecular weight is 281 g/mol. The highest BCUT2D eigenvalue weighted by Crippen LogP contribution is 2.30. The van der Waals surface area contributed by atoms with Crippen LogP contribution in [0.25, 0.3) is 0 Å². The Hall–Kier alpha value is -1.59. The molecule has 20 heavy (non-hydrogen) atoms. The first-order valence-electron chi connectivity index (χ1n) is 6.64. The Morgan fingerprint density at radius 1 is 1.30 bits per heavy atom. The van der Waals surface area contributed by atoms with E-state index in [9.17, 15) is 4.79 Å². The zero-order chi connectivity index (χ0) is 15.0. The molecule has 5 heteroatoms. The molecule has 0 aliphatic rings. The predicted octanol–water partition coefficient (Wildman–Crippen LogP) is 1.71. The summed E-state index contributed by atoms with van der Waals surface area (Å²) in [6, 6.07) is 7.41. The minimum atomic E-state index is -0.971. The van der Waals surface area contributed by atoms with E-state index in [4.69, 9.17) is 14.2 Å². The van der Waals surface area contributed by atoms with Gasteiger partial charge in [0, 0.05) is 19.2 Å². The van der Waals surface area contributed by atoms with Crippen LogP contribution in [-0.4, -0.2) is 39.9 Å². The molecule has 0 radical (unpaired) electrons. The van der Waals surface area contributed by atoms with Crippen LogP contribution < -0.4 is 10.1 Å². The molecule has 0 saturated heterocycles. The number of ether oxygens (including phenoxy) is 3. The molecule has 0 heterocycles. The minimum absolute atomic E-state index is 0.329. The van der Waals surface area contributed by atoms with Gasteiger partial charge >= 0.3 is 5.97 Å². The molecule has 0 fully saturated rings. The molecule has 1 rings (SSSR count). The van der Waals surface area contributed by atoms with Crippen molar-refractivity contribution in [1.82, 2.24) is 5.32 Å². The summed E-state index contributed by atoms with van der Waals surface area (Å²) in [5.41, 5.74) is -0.224. The van der Waals surface area contributed by atoms with Gasteiger partial charge in [0.25, 0.3) is 0 Å². The normalized spacial score (nSPS) is 13.6. The lowest BCUT2D eigenvalue weighted by atomic mass is 9.91. The number of carbonyl (C=O) groups is 1. The van der Waals surface area contributed by atoms with Crippen molar-refractivity contribution in [3.8, 4) is 5.75 Å². The lowest BCUT2D eigenvalue weighted by Gasteiger charge is -2.30. The topological polar surface area (TPSA) is 56.8 Å². The van der Waals surface area contributed by atoms with Crippen molar-refractivity contribution in [3.63, 3.8) is 0 Å². The van der Waals surface area contributed by atoms with E-state index in [2.05, 4.69) is 5.32 Å². The molecule has 112 valence electrons. The molecule has 1 N–H and O–H groups in total. The number of hydrogen-bond donors (Lipinski definition) is 1. The molecule has 1 unspecified atom stereocenters. The van der Waals surface area contributed by atoms with E-state index in [-0.39, 0.29) is 5.97 Å². The minimum Gasteiger partial charge on any atom is -0.496 e. The van der Waals surface area contributed by atoms with Crippen LogP contribution in [0, 0.1) is 0 Å². The summed E-state index contributed by atoms with van der Waals surface area (Å²) in [6.45, 7) is 4.94. The van der Waals surface area contributed by atoms with Crippen LogP contribution >= 0.6 is 0 Å². The molecule has 5 nitrogen and oxygen atoms in total. The second-order valence-corrected chi connectivity index (χ2v) is 4.47. The summed E-state index contributed by atoms with van der Waals surface area (Å²) in [4.78, 5) is 12.3. The van der Waals surface area contributed by atoms with Crippen molar-refractivity contribution < 1.29 is 19.0 Å². The van der Waals surface area contributed by atoms with Gasteiger partial charge < -0.3 is 14.2 Å². The molecule has 1 aromatic rings. The fourth-order valence-electron chi connectivity index (χ4n) is 2.01. The number of para-hydroxylation sites is 1. The van der Waals surface area contributed by atoms with Crippen molar-refractivity contribution >= 4 is 5.97 Å². The molecule has 0 bridgehead atoms. The van der Waals surface area contributed by atoms with Crippen LogP contribution in [0.4, 0.5) is 0 Å². The van der Waals surface area contributed by atoms with Crippen molar-refractivity contribution in [2.75, 3.05) is 34.0 Å². The first-order chi connectivity index (χ1) is 9.60. The van der Waals surface area contributed by atoms with Crippen LogP contribution in [0.15, 0.2) is 24.3 Å². The molecule has 0 spiro atoms. The molecule has 0 aromatic heterocycles. The molecular weight excluding hydrogens is 258 g/mol. The quantitative estimate of drug-likeness (QED) is 0.580. The van der Waals surface area contributed by atoms with Crippen LogP contribution in [0.5, 0.6) is 5.75 Å². The molecule has 0 saturated carbocycles. The monoisotopic (exact) mass is 281 g/mol. The predicted molar refractivity (Wildman–Crippen MR) is 76.9 cm³/mol. The Kier molecular flexibility index (Phi) is 6.48. The lowest BCUT2D eigenvalue weighted by molar-refractivity contribution is -0.151. The number of hydrogen-bond acceptors (Lipinski definition) is 5. The summed E-state index contributed by atoms with van der Waals surface area (Å²) >= 11 is 0. The van der Waals surface area contributed by atoms with Gasteiger partial charge in [-0.1, -0.05) is 18.2 Å². The van der Waals surface area contributed by atoms with E-state index in [1.54, 1.807) is 28.1 Å². The van der Waals surface area contributed by atoms with Crippen LogP contribution in [0.1, 0.15) is 19.4 Å². The van der Waals surface area contributed by atoms with Gasteiger partial charge in [0.1, 0.15) is 11.3 Å². The van der Waals surface area contributed by atoms with Crippen molar-refractivity contribution in [1.29, 1.82) is 0 Å². The van der Waals surface area contributed by atoms with Gasteiger partial charge in [-0.2, -0.15) is 0 Å². The standard InChI is InChI=1S/C15H23NO4/c1-5-20-14(17)15(2,16-10-11-18-3)12-8-6-7-9-13(12)19-4/h6-9,16H,5,10-11H2,1-4H3. The summed E-state index contributed by atoms with van der Waals surface area (Å²) in [5.74, 6) is 0.313. The van der Waals surface area contributed by atoms with Gasteiger partial charge in [-0.15, -0.1) is 0 Å². The SMILES string of the molecule is CCOC(=O)C(C)(NCCOC)c1ccccc1OC. The number of rotatable bonds is 8. The Labute approximate surface area is 120 Å². The number of nitrogens with one attached hydrogen (secondary N) is 1. The number of carbonyl (C=O) groups excluding carboxylic acids is 1. The van der Waals surface area contributed by atoms with E-state index >= 15 is 0 Å². The lowest BCUT2D eigenvalue weighted by Crippen LogP contribution is -2.49. The smallest absolute Gasteiger partial charge is 0.330 e. The van der Waals surface area contributed by atoms with Gasteiger partial charge in [0.2, 0.25) is 0 Å². The maximum atomic E-state index is 12.3. The average Bonchev–Trinajstić information content (AvgIpc) is 2.47. The second-order valence-electron chi connectivity index (χ2n) is 4.47. The summed E-state index contributed by atoms with van der Waals surface area (Å²) < 4.78 is 15.6. The molecule has 0 amide bonds. The third-order valence-corrected chi connectivity index (χ3v) is 3.11. The highest BCUT2D eigenvalue weighted by molar-refractivity contribution is 5.83. The maximum absolute atomic E-state index is 12.3. The second kappa shape index (κ2) is 7.87. The number of benzene rings is 1. The Balaban J connectivity index is 3.11. The van der Waals surface area contributed by atoms with E-state index in [0.717, 1.165) is 5.56 Å². The maximum Gasteiger partial charge on any atom is 0.330 e. The van der Waals surface area contributed by atoms with E-state index in [1.165, 1.54) is 0 Å². The van der Waals surface area contributed by atoms with Gasteiger partial charge in [-0.05, 0) is 19.9 Å². The highest BCUT2D eigenvalue weighted by Gasteiger charge is 2.38. The molecular formula is C15H23NO4. The van der Waals surface area contributed by atoms with E-state index in [0.29, 0.717) is 25.5 Å². The Morgan fingerprint density at radius 2 is 2.00 bits per heavy atom. The summed E-state index contributed by atoms with van der Waals surface area (Å²) in [5, 5.41) is 3.19. The fraction of sp³-hybridized carbons (Fsp3) is 0.533. The fourth-order valence-corrected chi connectivity index (χ4v) is 2.01. The third-order valence-electron chi connectivity index (χ3n) is 3.11. The molecule has 0 aliphatic carbocycles. The van der Waals surface area contributed by atoms with Crippen molar-refractivity contribution in [3.05, 3.63) is 29.8 Å². The number of esters is 1. The van der Waals surface area contributed by atoms with Gasteiger partial charge in [-0.25, -0.2) is 4.79 Å². The highest BCUT2D eigenvalue weighted by atomic mass is 16.5. The van der Waals surface area contributed by atoms with Gasteiger partial charge in [0.05, 0.1) is 20.3 Å². The summed E-state index contributed by atoms with van der Waals surface area (Å²) in [7, 11) is 3.20. The number of methoxy groups -OCH3 is 2. The van der Waals surface area contributed by atoms with Crippen LogP contribution in [-0.2, 0) is 19.8 Å². The molecule has 0 aliphatic heterocycles. The Bertz CT molecular complexity index is 436. The first-order valence-corrected chi connectivity index (χ1v) is 6.64. The Morgan fingerprint density at radius 3 is 2.60 bits per heavy atom. The third kappa shape index (κ3) is 3.71. The molecule has 1 atom stereocenters. The van der Waals surface area contributed by atoms with Crippen LogP contribution in [0.3, 0.4) is 0 Å². The van der Waals surface area contributed by atoms with E-state index in [1.807, 2.05) is 24.3 Å². The van der Waals surface area contributed by atoms with Crippen molar-refractivity contribution in [2.24, 2.45) is 0 Å². The van der Waals surface area contributed by atoms with Gasteiger partial charge in [0.15, 0.2) is 0 Å². The van der Waals surface area contributed by atoms with E-state index < -0.39 is 5.54 Å². The largest absolute Gasteiger partial charge is 0.496 e. The molecule has 1 aromatic carbocycles. The summed E-state index contributed by atoms with van der Waals surface area (Å²) in [6.07, 6.45) is 0. The van der Waals surface area contributed by atoms with Gasteiger partial charge in [-0.3, -0.25) is 5.32 Å². The zero-order valence-electron chi connectivity index (χ0n) is 12.6. The first kappa shape index (κ1) is 16.5. The zero-order valence-corrected chi connectivity index (χ0v) is 12.6.